The van der Waals surface area contributed by atoms with Gasteiger partial charge in [0, 0.05) is 19.1 Å². The van der Waals surface area contributed by atoms with Gasteiger partial charge in [-0.25, -0.2) is 0 Å². The molecule has 3 rings (SSSR count). The second-order valence-corrected chi connectivity index (χ2v) is 5.27. The molecule has 0 saturated carbocycles. The van der Waals surface area contributed by atoms with Gasteiger partial charge in [0.15, 0.2) is 10.4 Å². The highest BCUT2D eigenvalue weighted by atomic mass is 79.9. The van der Waals surface area contributed by atoms with E-state index in [1.165, 1.54) is 13.0 Å². The standard InChI is InChI=1S/C11H13BrN2O2/c12-10-2-1-9(16-10)11(15)13-8-6-14-4-3-7(8)5-14/h1-2,7-8H,3-6H2,(H,13,15). The van der Waals surface area contributed by atoms with E-state index in [1.54, 1.807) is 12.1 Å². The molecular weight excluding hydrogens is 272 g/mol. The van der Waals surface area contributed by atoms with Crippen LogP contribution in [0.5, 0.6) is 0 Å². The maximum atomic E-state index is 11.8. The Balaban J connectivity index is 1.65. The zero-order valence-corrected chi connectivity index (χ0v) is 10.4. The first-order valence-corrected chi connectivity index (χ1v) is 6.30. The van der Waals surface area contributed by atoms with Gasteiger partial charge in [-0.3, -0.25) is 4.79 Å². The first kappa shape index (κ1) is 10.4. The van der Waals surface area contributed by atoms with Gasteiger partial charge < -0.3 is 14.6 Å². The number of amides is 1. The van der Waals surface area contributed by atoms with Crippen LogP contribution in [0.3, 0.4) is 0 Å². The number of hydrogen-bond donors (Lipinski definition) is 1. The van der Waals surface area contributed by atoms with Gasteiger partial charge in [0.05, 0.1) is 0 Å². The van der Waals surface area contributed by atoms with Crippen molar-refractivity contribution in [2.75, 3.05) is 19.6 Å². The van der Waals surface area contributed by atoms with Crippen molar-refractivity contribution >= 4 is 21.8 Å². The molecule has 1 aromatic rings. The summed E-state index contributed by atoms with van der Waals surface area (Å²) in [6.45, 7) is 3.30. The van der Waals surface area contributed by atoms with Crippen LogP contribution in [0.15, 0.2) is 21.2 Å². The minimum absolute atomic E-state index is 0.107. The van der Waals surface area contributed by atoms with Crippen LogP contribution in [-0.2, 0) is 0 Å². The smallest absolute Gasteiger partial charge is 0.287 e. The molecule has 4 nitrogen and oxygen atoms in total. The number of carbonyl (C=O) groups excluding carboxylic acids is 1. The monoisotopic (exact) mass is 284 g/mol. The number of nitrogens with zero attached hydrogens (tertiary/aromatic N) is 1. The Kier molecular flexibility index (Phi) is 2.52. The maximum absolute atomic E-state index is 11.8. The molecule has 3 atom stereocenters. The predicted octanol–water partition coefficient (Wildman–Crippen LogP) is 1.48. The van der Waals surface area contributed by atoms with Crippen LogP contribution in [-0.4, -0.2) is 36.5 Å². The molecule has 5 heteroatoms. The van der Waals surface area contributed by atoms with Gasteiger partial charge in [-0.2, -0.15) is 0 Å². The number of halogens is 1. The quantitative estimate of drug-likeness (QED) is 0.895. The van der Waals surface area contributed by atoms with E-state index in [4.69, 9.17) is 4.42 Å². The van der Waals surface area contributed by atoms with Crippen molar-refractivity contribution in [3.05, 3.63) is 22.6 Å². The Morgan fingerprint density at radius 2 is 2.38 bits per heavy atom. The van der Waals surface area contributed by atoms with Gasteiger partial charge >= 0.3 is 0 Å². The van der Waals surface area contributed by atoms with E-state index >= 15 is 0 Å². The molecular formula is C11H13BrN2O2. The Morgan fingerprint density at radius 1 is 1.50 bits per heavy atom. The van der Waals surface area contributed by atoms with E-state index in [9.17, 15) is 4.79 Å². The van der Waals surface area contributed by atoms with E-state index in [0.29, 0.717) is 22.4 Å². The third-order valence-corrected chi connectivity index (χ3v) is 3.87. The van der Waals surface area contributed by atoms with Gasteiger partial charge in [-0.05, 0) is 46.9 Å². The molecule has 1 amide bonds. The van der Waals surface area contributed by atoms with E-state index in [-0.39, 0.29) is 5.91 Å². The van der Waals surface area contributed by atoms with Crippen molar-refractivity contribution in [3.8, 4) is 0 Å². The first-order valence-electron chi connectivity index (χ1n) is 5.51. The molecule has 2 bridgehead atoms. The fraction of sp³-hybridized carbons (Fsp3) is 0.545. The number of nitrogens with one attached hydrogen (secondary N) is 1. The molecule has 2 saturated heterocycles. The molecule has 2 aliphatic heterocycles. The number of fused-ring (bicyclic) bond motifs is 2. The van der Waals surface area contributed by atoms with Gasteiger partial charge in [-0.15, -0.1) is 0 Å². The molecule has 1 aromatic heterocycles. The van der Waals surface area contributed by atoms with Crippen molar-refractivity contribution in [3.63, 3.8) is 0 Å². The average Bonchev–Trinajstić information content (AvgIpc) is 2.92. The lowest BCUT2D eigenvalue weighted by molar-refractivity contribution is 0.0895. The van der Waals surface area contributed by atoms with E-state index in [1.807, 2.05) is 0 Å². The zero-order chi connectivity index (χ0) is 11.1. The molecule has 2 aliphatic rings. The van der Waals surface area contributed by atoms with E-state index in [0.717, 1.165) is 13.1 Å². The second-order valence-electron chi connectivity index (χ2n) is 4.49. The van der Waals surface area contributed by atoms with Crippen molar-refractivity contribution in [1.29, 1.82) is 0 Å². The Hall–Kier alpha value is -0.810. The highest BCUT2D eigenvalue weighted by Crippen LogP contribution is 2.28. The lowest BCUT2D eigenvalue weighted by Gasteiger charge is -2.22. The molecule has 2 fully saturated rings. The Bertz CT molecular complexity index is 418. The van der Waals surface area contributed by atoms with Crippen LogP contribution in [0, 0.1) is 5.92 Å². The first-order chi connectivity index (χ1) is 7.72. The fourth-order valence-electron chi connectivity index (χ4n) is 2.62. The van der Waals surface area contributed by atoms with E-state index < -0.39 is 0 Å². The maximum Gasteiger partial charge on any atom is 0.287 e. The minimum Gasteiger partial charge on any atom is -0.444 e. The van der Waals surface area contributed by atoms with Crippen LogP contribution < -0.4 is 5.32 Å². The van der Waals surface area contributed by atoms with Crippen molar-refractivity contribution in [1.82, 2.24) is 10.2 Å². The van der Waals surface area contributed by atoms with Crippen molar-refractivity contribution in [2.45, 2.75) is 12.5 Å². The number of rotatable bonds is 2. The van der Waals surface area contributed by atoms with Gasteiger partial charge in [-0.1, -0.05) is 0 Å². The summed E-state index contributed by atoms with van der Waals surface area (Å²) in [6.07, 6.45) is 1.20. The fourth-order valence-corrected chi connectivity index (χ4v) is 2.93. The third-order valence-electron chi connectivity index (χ3n) is 3.45. The SMILES string of the molecule is O=C(NC1CN2CCC1C2)c1ccc(Br)o1. The summed E-state index contributed by atoms with van der Waals surface area (Å²) < 4.78 is 5.82. The van der Waals surface area contributed by atoms with Gasteiger partial charge in [0.25, 0.3) is 5.91 Å². The topological polar surface area (TPSA) is 45.5 Å². The summed E-state index contributed by atoms with van der Waals surface area (Å²) in [7, 11) is 0. The Labute approximate surface area is 102 Å². The number of hydrogen-bond acceptors (Lipinski definition) is 3. The largest absolute Gasteiger partial charge is 0.444 e. The van der Waals surface area contributed by atoms with Crippen LogP contribution >= 0.6 is 15.9 Å². The van der Waals surface area contributed by atoms with Crippen LogP contribution in [0.1, 0.15) is 17.0 Å². The summed E-state index contributed by atoms with van der Waals surface area (Å²) >= 11 is 3.19. The van der Waals surface area contributed by atoms with Crippen LogP contribution in [0.4, 0.5) is 0 Å². The molecule has 0 radical (unpaired) electrons. The lowest BCUT2D eigenvalue weighted by Crippen LogP contribution is -2.43. The number of furan rings is 1. The normalized spacial score (nSPS) is 31.9. The number of piperidine rings is 1. The summed E-state index contributed by atoms with van der Waals surface area (Å²) in [4.78, 5) is 14.2. The predicted molar refractivity (Wildman–Crippen MR) is 62.2 cm³/mol. The summed E-state index contributed by atoms with van der Waals surface area (Å²) in [5.74, 6) is 0.899. The highest BCUT2D eigenvalue weighted by Gasteiger charge is 2.38. The van der Waals surface area contributed by atoms with Crippen LogP contribution in [0.2, 0.25) is 0 Å². The van der Waals surface area contributed by atoms with Gasteiger partial charge in [0.1, 0.15) is 0 Å². The Morgan fingerprint density at radius 3 is 2.94 bits per heavy atom. The minimum atomic E-state index is -0.107. The molecule has 86 valence electrons. The molecule has 3 unspecified atom stereocenters. The summed E-state index contributed by atoms with van der Waals surface area (Å²) in [5.41, 5.74) is 0. The number of carbonyl (C=O) groups is 1. The second kappa shape index (κ2) is 3.89. The molecule has 1 N–H and O–H groups in total. The molecule has 16 heavy (non-hydrogen) atoms. The lowest BCUT2D eigenvalue weighted by atomic mass is 10.00. The van der Waals surface area contributed by atoms with Crippen molar-refractivity contribution in [2.24, 2.45) is 5.92 Å². The van der Waals surface area contributed by atoms with Gasteiger partial charge in [0.2, 0.25) is 0 Å². The van der Waals surface area contributed by atoms with E-state index in [2.05, 4.69) is 26.1 Å². The molecule has 0 spiro atoms. The molecule has 3 heterocycles. The van der Waals surface area contributed by atoms with Crippen molar-refractivity contribution < 1.29 is 9.21 Å². The highest BCUT2D eigenvalue weighted by molar-refractivity contribution is 9.10. The zero-order valence-electron chi connectivity index (χ0n) is 8.78. The van der Waals surface area contributed by atoms with Crippen LogP contribution in [0.25, 0.3) is 0 Å². The third kappa shape index (κ3) is 1.78. The average molecular weight is 285 g/mol. The summed E-state index contributed by atoms with van der Waals surface area (Å²) in [6, 6.07) is 3.72. The summed E-state index contributed by atoms with van der Waals surface area (Å²) in [5, 5.41) is 3.04. The molecule has 0 aromatic carbocycles. The molecule has 0 aliphatic carbocycles.